The second kappa shape index (κ2) is 5.22. The third kappa shape index (κ3) is 2.89. The van der Waals surface area contributed by atoms with Gasteiger partial charge in [0.1, 0.15) is 0 Å². The largest absolute Gasteiger partial charge is 0.309 e. The Morgan fingerprint density at radius 2 is 1.94 bits per heavy atom. The van der Waals surface area contributed by atoms with E-state index in [4.69, 9.17) is 23.2 Å². The molecule has 0 radical (unpaired) electrons. The van der Waals surface area contributed by atoms with Crippen molar-refractivity contribution in [2.24, 2.45) is 0 Å². The van der Waals surface area contributed by atoms with Gasteiger partial charge in [-0.2, -0.15) is 0 Å². The molecular weight excluding hydrogens is 285 g/mol. The zero-order valence-electron chi connectivity index (χ0n) is 9.75. The van der Waals surface area contributed by atoms with E-state index in [1.165, 1.54) is 22.6 Å². The Labute approximate surface area is 121 Å². The molecule has 0 unspecified atom stereocenters. The summed E-state index contributed by atoms with van der Waals surface area (Å²) in [5, 5.41) is 4.74. The summed E-state index contributed by atoms with van der Waals surface area (Å²) in [6.45, 7) is 0.969. The highest BCUT2D eigenvalue weighted by Gasteiger charge is 2.20. The van der Waals surface area contributed by atoms with Gasteiger partial charge in [0.05, 0.1) is 10.0 Å². The number of hydrogen-bond acceptors (Lipinski definition) is 2. The molecule has 0 atom stereocenters. The molecule has 0 amide bonds. The molecule has 0 bridgehead atoms. The van der Waals surface area contributed by atoms with E-state index in [2.05, 4.69) is 17.4 Å². The topological polar surface area (TPSA) is 12.0 Å². The summed E-state index contributed by atoms with van der Waals surface area (Å²) in [5.41, 5.74) is 1.13. The Hall–Kier alpha value is -0.540. The molecule has 0 aliphatic heterocycles. The molecule has 1 saturated carbocycles. The zero-order valence-corrected chi connectivity index (χ0v) is 12.1. The average Bonchev–Trinajstić information content (AvgIpc) is 3.08. The fourth-order valence-corrected chi connectivity index (χ4v) is 3.06. The normalized spacial score (nSPS) is 15.0. The molecule has 1 nitrogen and oxygen atoms in total. The minimum atomic E-state index is 0.604. The molecule has 1 aromatic heterocycles. The third-order valence-corrected chi connectivity index (χ3v) is 4.88. The van der Waals surface area contributed by atoms with Crippen LogP contribution in [0.2, 0.25) is 10.0 Å². The van der Waals surface area contributed by atoms with Crippen molar-refractivity contribution in [3.05, 3.63) is 45.3 Å². The highest BCUT2D eigenvalue weighted by Crippen LogP contribution is 2.33. The summed E-state index contributed by atoms with van der Waals surface area (Å²) in [4.78, 5) is 2.60. The van der Waals surface area contributed by atoms with Crippen LogP contribution in [-0.2, 0) is 6.54 Å². The van der Waals surface area contributed by atoms with Gasteiger partial charge in [0, 0.05) is 22.3 Å². The van der Waals surface area contributed by atoms with Gasteiger partial charge in [-0.15, -0.1) is 11.3 Å². The maximum absolute atomic E-state index is 6.04. The van der Waals surface area contributed by atoms with Crippen molar-refractivity contribution >= 4 is 34.5 Å². The van der Waals surface area contributed by atoms with Crippen LogP contribution in [0.5, 0.6) is 0 Å². The zero-order chi connectivity index (χ0) is 12.5. The summed E-state index contributed by atoms with van der Waals surface area (Å²) in [7, 11) is 0. The smallest absolute Gasteiger partial charge is 0.0598 e. The van der Waals surface area contributed by atoms with Crippen LogP contribution >= 0.6 is 34.5 Å². The van der Waals surface area contributed by atoms with E-state index < -0.39 is 0 Å². The highest BCUT2D eigenvalue weighted by molar-refractivity contribution is 7.15. The predicted molar refractivity (Wildman–Crippen MR) is 79.6 cm³/mol. The molecule has 2 aromatic rings. The van der Waals surface area contributed by atoms with E-state index in [0.717, 1.165) is 18.2 Å². The van der Waals surface area contributed by atoms with Crippen LogP contribution in [0, 0.1) is 0 Å². The lowest BCUT2D eigenvalue weighted by Gasteiger charge is -2.01. The number of nitrogens with one attached hydrogen (secondary N) is 1. The Morgan fingerprint density at radius 3 is 2.67 bits per heavy atom. The first-order chi connectivity index (χ1) is 8.72. The van der Waals surface area contributed by atoms with Gasteiger partial charge in [-0.05, 0) is 42.7 Å². The fraction of sp³-hybridized carbons (Fsp3) is 0.286. The summed E-state index contributed by atoms with van der Waals surface area (Å²) in [6, 6.07) is 10.9. The van der Waals surface area contributed by atoms with Gasteiger partial charge >= 0.3 is 0 Å². The van der Waals surface area contributed by atoms with E-state index in [1.807, 2.05) is 18.2 Å². The average molecular weight is 298 g/mol. The second-order valence-corrected chi connectivity index (χ2v) is 6.53. The lowest BCUT2D eigenvalue weighted by Crippen LogP contribution is -2.14. The molecule has 4 heteroatoms. The predicted octanol–water partition coefficient (Wildman–Crippen LogP) is 4.97. The Kier molecular flexibility index (Phi) is 3.62. The Bertz CT molecular complexity index is 561. The van der Waals surface area contributed by atoms with Crippen molar-refractivity contribution in [2.45, 2.75) is 25.4 Å². The minimum Gasteiger partial charge on any atom is -0.309 e. The van der Waals surface area contributed by atoms with Gasteiger partial charge in [0.15, 0.2) is 0 Å². The van der Waals surface area contributed by atoms with Crippen molar-refractivity contribution in [2.75, 3.05) is 0 Å². The highest BCUT2D eigenvalue weighted by atomic mass is 35.5. The molecular formula is C14H13Cl2NS. The third-order valence-electron chi connectivity index (χ3n) is 3.01. The summed E-state index contributed by atoms with van der Waals surface area (Å²) in [5.74, 6) is 0. The molecule has 0 spiro atoms. The van der Waals surface area contributed by atoms with Gasteiger partial charge in [-0.25, -0.2) is 0 Å². The van der Waals surface area contributed by atoms with Crippen molar-refractivity contribution in [1.29, 1.82) is 0 Å². The quantitative estimate of drug-likeness (QED) is 0.840. The molecule has 1 N–H and O–H groups in total. The SMILES string of the molecule is Clc1ccc(-c2ccc(CNC3CC3)s2)cc1Cl. The van der Waals surface area contributed by atoms with Crippen molar-refractivity contribution < 1.29 is 0 Å². The molecule has 1 aliphatic carbocycles. The molecule has 1 aromatic carbocycles. The summed E-state index contributed by atoms with van der Waals surface area (Å²) in [6.07, 6.45) is 2.65. The maximum atomic E-state index is 6.04. The number of benzene rings is 1. The van der Waals surface area contributed by atoms with E-state index >= 15 is 0 Å². The van der Waals surface area contributed by atoms with Gasteiger partial charge in [0.2, 0.25) is 0 Å². The lowest BCUT2D eigenvalue weighted by molar-refractivity contribution is 0.695. The summed E-state index contributed by atoms with van der Waals surface area (Å²) >= 11 is 13.8. The Balaban J connectivity index is 1.76. The fourth-order valence-electron chi connectivity index (χ4n) is 1.81. The number of rotatable bonds is 4. The summed E-state index contributed by atoms with van der Waals surface area (Å²) < 4.78 is 0. The van der Waals surface area contributed by atoms with Crippen molar-refractivity contribution in [3.63, 3.8) is 0 Å². The van der Waals surface area contributed by atoms with Crippen LogP contribution in [0.4, 0.5) is 0 Å². The van der Waals surface area contributed by atoms with Gasteiger partial charge in [0.25, 0.3) is 0 Å². The van der Waals surface area contributed by atoms with Crippen molar-refractivity contribution in [3.8, 4) is 10.4 Å². The molecule has 1 aliphatic rings. The van der Waals surface area contributed by atoms with Crippen LogP contribution in [0.25, 0.3) is 10.4 Å². The molecule has 0 saturated heterocycles. The molecule has 1 fully saturated rings. The van der Waals surface area contributed by atoms with E-state index in [9.17, 15) is 0 Å². The monoisotopic (exact) mass is 297 g/mol. The molecule has 94 valence electrons. The first-order valence-electron chi connectivity index (χ1n) is 6.00. The van der Waals surface area contributed by atoms with Gasteiger partial charge < -0.3 is 5.32 Å². The number of hydrogen-bond donors (Lipinski definition) is 1. The van der Waals surface area contributed by atoms with Crippen LogP contribution < -0.4 is 5.32 Å². The first-order valence-corrected chi connectivity index (χ1v) is 7.57. The van der Waals surface area contributed by atoms with Crippen LogP contribution in [0.15, 0.2) is 30.3 Å². The first kappa shape index (κ1) is 12.5. The lowest BCUT2D eigenvalue weighted by atomic mass is 10.2. The van der Waals surface area contributed by atoms with E-state index in [-0.39, 0.29) is 0 Å². The van der Waals surface area contributed by atoms with Gasteiger partial charge in [-0.1, -0.05) is 29.3 Å². The second-order valence-electron chi connectivity index (χ2n) is 4.55. The van der Waals surface area contributed by atoms with E-state index in [1.54, 1.807) is 11.3 Å². The molecule has 18 heavy (non-hydrogen) atoms. The van der Waals surface area contributed by atoms with Crippen LogP contribution in [0.1, 0.15) is 17.7 Å². The number of halogens is 2. The van der Waals surface area contributed by atoms with Gasteiger partial charge in [-0.3, -0.25) is 0 Å². The number of thiophene rings is 1. The van der Waals surface area contributed by atoms with Crippen molar-refractivity contribution in [1.82, 2.24) is 5.32 Å². The molecule has 3 rings (SSSR count). The molecule has 1 heterocycles. The van der Waals surface area contributed by atoms with Crippen LogP contribution in [-0.4, -0.2) is 6.04 Å². The standard InChI is InChI=1S/C14H13Cl2NS/c15-12-5-1-9(7-13(12)16)14-6-4-11(18-14)8-17-10-2-3-10/h1,4-7,10,17H,2-3,8H2. The Morgan fingerprint density at radius 1 is 1.11 bits per heavy atom. The van der Waals surface area contributed by atoms with E-state index in [0.29, 0.717) is 10.0 Å². The van der Waals surface area contributed by atoms with Crippen LogP contribution in [0.3, 0.4) is 0 Å². The minimum absolute atomic E-state index is 0.604. The maximum Gasteiger partial charge on any atom is 0.0598 e.